The summed E-state index contributed by atoms with van der Waals surface area (Å²) in [7, 11) is 3.27. The van der Waals surface area contributed by atoms with Crippen molar-refractivity contribution in [3.8, 4) is 11.5 Å². The molecule has 0 aliphatic heterocycles. The van der Waals surface area contributed by atoms with Gasteiger partial charge in [-0.2, -0.15) is 0 Å². The van der Waals surface area contributed by atoms with Gasteiger partial charge >= 0.3 is 0 Å². The van der Waals surface area contributed by atoms with Crippen molar-refractivity contribution in [3.05, 3.63) is 58.1 Å². The molecule has 0 fully saturated rings. The highest BCUT2D eigenvalue weighted by Gasteiger charge is 2.17. The van der Waals surface area contributed by atoms with Crippen molar-refractivity contribution in [1.29, 1.82) is 0 Å². The second kappa shape index (κ2) is 6.74. The summed E-state index contributed by atoms with van der Waals surface area (Å²) in [5.74, 6) is 7.25. The van der Waals surface area contributed by atoms with E-state index in [1.54, 1.807) is 14.2 Å². The Kier molecular flexibility index (Phi) is 5.00. The van der Waals surface area contributed by atoms with Gasteiger partial charge in [-0.05, 0) is 35.9 Å². The van der Waals surface area contributed by atoms with Gasteiger partial charge < -0.3 is 9.47 Å². The predicted molar refractivity (Wildman–Crippen MR) is 82.9 cm³/mol. The number of ether oxygens (including phenoxy) is 2. The standard InChI is InChI=1S/C15H17BrN2O2/c1-19-12-7-8-14(20-2)13(9-12)15(18-17)10-3-5-11(16)6-4-10/h3-9,15,18H,17H2,1-2H3. The van der Waals surface area contributed by atoms with Crippen LogP contribution in [0.25, 0.3) is 0 Å². The second-order valence-corrected chi connectivity index (χ2v) is 5.17. The van der Waals surface area contributed by atoms with Crippen molar-refractivity contribution in [3.63, 3.8) is 0 Å². The van der Waals surface area contributed by atoms with E-state index >= 15 is 0 Å². The van der Waals surface area contributed by atoms with Crippen LogP contribution in [0.15, 0.2) is 46.9 Å². The lowest BCUT2D eigenvalue weighted by molar-refractivity contribution is 0.394. The van der Waals surface area contributed by atoms with Crippen LogP contribution in [-0.4, -0.2) is 14.2 Å². The van der Waals surface area contributed by atoms with E-state index in [9.17, 15) is 0 Å². The van der Waals surface area contributed by atoms with Gasteiger partial charge in [-0.3, -0.25) is 5.84 Å². The van der Waals surface area contributed by atoms with Crippen molar-refractivity contribution in [2.24, 2.45) is 5.84 Å². The van der Waals surface area contributed by atoms with E-state index in [0.717, 1.165) is 27.1 Å². The minimum absolute atomic E-state index is 0.173. The Morgan fingerprint density at radius 3 is 2.30 bits per heavy atom. The van der Waals surface area contributed by atoms with Crippen LogP contribution >= 0.6 is 15.9 Å². The van der Waals surface area contributed by atoms with Crippen LogP contribution in [0.5, 0.6) is 11.5 Å². The van der Waals surface area contributed by atoms with E-state index in [4.69, 9.17) is 15.3 Å². The van der Waals surface area contributed by atoms with Crippen molar-refractivity contribution in [2.75, 3.05) is 14.2 Å². The van der Waals surface area contributed by atoms with E-state index in [0.29, 0.717) is 0 Å². The summed E-state index contributed by atoms with van der Waals surface area (Å²) in [5, 5.41) is 0. The molecule has 106 valence electrons. The molecule has 0 heterocycles. The molecule has 5 heteroatoms. The summed E-state index contributed by atoms with van der Waals surface area (Å²) in [6.45, 7) is 0. The SMILES string of the molecule is COc1ccc(OC)c(C(NN)c2ccc(Br)cc2)c1. The first-order valence-electron chi connectivity index (χ1n) is 6.13. The maximum absolute atomic E-state index is 5.73. The number of nitrogens with two attached hydrogens (primary N) is 1. The van der Waals surface area contributed by atoms with Gasteiger partial charge in [0.1, 0.15) is 11.5 Å². The average molecular weight is 337 g/mol. The largest absolute Gasteiger partial charge is 0.497 e. The first kappa shape index (κ1) is 14.8. The molecule has 2 aromatic rings. The molecule has 0 aliphatic rings. The fourth-order valence-corrected chi connectivity index (χ4v) is 2.35. The second-order valence-electron chi connectivity index (χ2n) is 4.26. The third-order valence-electron chi connectivity index (χ3n) is 3.12. The van der Waals surface area contributed by atoms with Gasteiger partial charge in [-0.1, -0.05) is 28.1 Å². The Hall–Kier alpha value is -1.56. The zero-order chi connectivity index (χ0) is 14.5. The smallest absolute Gasteiger partial charge is 0.124 e. The molecule has 2 rings (SSSR count). The minimum Gasteiger partial charge on any atom is -0.497 e. The predicted octanol–water partition coefficient (Wildman–Crippen LogP) is 3.02. The molecule has 1 unspecified atom stereocenters. The molecule has 1 atom stereocenters. The summed E-state index contributed by atoms with van der Waals surface area (Å²) < 4.78 is 11.7. The van der Waals surface area contributed by atoms with E-state index in [2.05, 4.69) is 21.4 Å². The van der Waals surface area contributed by atoms with Crippen molar-refractivity contribution in [2.45, 2.75) is 6.04 Å². The highest BCUT2D eigenvalue weighted by Crippen LogP contribution is 2.33. The fraction of sp³-hybridized carbons (Fsp3) is 0.200. The van der Waals surface area contributed by atoms with Gasteiger partial charge in [0.25, 0.3) is 0 Å². The average Bonchev–Trinajstić information content (AvgIpc) is 2.49. The first-order chi connectivity index (χ1) is 9.69. The number of nitrogens with one attached hydrogen (secondary N) is 1. The molecule has 3 N–H and O–H groups in total. The monoisotopic (exact) mass is 336 g/mol. The molecule has 4 nitrogen and oxygen atoms in total. The molecular formula is C15H17BrN2O2. The van der Waals surface area contributed by atoms with Gasteiger partial charge in [0.15, 0.2) is 0 Å². The molecule has 0 radical (unpaired) electrons. The molecule has 0 saturated carbocycles. The topological polar surface area (TPSA) is 56.5 Å². The van der Waals surface area contributed by atoms with Gasteiger partial charge in [0.2, 0.25) is 0 Å². The Labute approximate surface area is 127 Å². The first-order valence-corrected chi connectivity index (χ1v) is 6.92. The Morgan fingerprint density at radius 1 is 1.05 bits per heavy atom. The third-order valence-corrected chi connectivity index (χ3v) is 3.65. The van der Waals surface area contributed by atoms with Gasteiger partial charge in [-0.15, -0.1) is 0 Å². The van der Waals surface area contributed by atoms with Gasteiger partial charge in [-0.25, -0.2) is 5.43 Å². The number of rotatable bonds is 5. The molecule has 20 heavy (non-hydrogen) atoms. The normalized spacial score (nSPS) is 12.0. The van der Waals surface area contributed by atoms with Crippen molar-refractivity contribution in [1.82, 2.24) is 5.43 Å². The van der Waals surface area contributed by atoms with Gasteiger partial charge in [0.05, 0.1) is 20.3 Å². The quantitative estimate of drug-likeness (QED) is 0.651. The Bertz CT molecular complexity index is 573. The molecule has 0 bridgehead atoms. The highest BCUT2D eigenvalue weighted by atomic mass is 79.9. The third kappa shape index (κ3) is 3.12. The van der Waals surface area contributed by atoms with E-state index in [1.165, 1.54) is 0 Å². The lowest BCUT2D eigenvalue weighted by Crippen LogP contribution is -2.29. The molecular weight excluding hydrogens is 320 g/mol. The lowest BCUT2D eigenvalue weighted by atomic mass is 9.98. The van der Waals surface area contributed by atoms with E-state index < -0.39 is 0 Å². The molecule has 0 amide bonds. The number of hydrogen-bond acceptors (Lipinski definition) is 4. The number of methoxy groups -OCH3 is 2. The maximum Gasteiger partial charge on any atom is 0.124 e. The molecule has 0 saturated heterocycles. The van der Waals surface area contributed by atoms with Crippen LogP contribution in [0, 0.1) is 0 Å². The van der Waals surface area contributed by atoms with Crippen molar-refractivity contribution >= 4 is 15.9 Å². The lowest BCUT2D eigenvalue weighted by Gasteiger charge is -2.20. The Balaban J connectivity index is 2.47. The van der Waals surface area contributed by atoms with Crippen molar-refractivity contribution < 1.29 is 9.47 Å². The summed E-state index contributed by atoms with van der Waals surface area (Å²) in [4.78, 5) is 0. The number of hydrazine groups is 1. The van der Waals surface area contributed by atoms with E-state index in [-0.39, 0.29) is 6.04 Å². The van der Waals surface area contributed by atoms with Crippen LogP contribution in [-0.2, 0) is 0 Å². The van der Waals surface area contributed by atoms with Gasteiger partial charge in [0, 0.05) is 10.0 Å². The zero-order valence-electron chi connectivity index (χ0n) is 11.4. The summed E-state index contributed by atoms with van der Waals surface area (Å²) >= 11 is 3.43. The highest BCUT2D eigenvalue weighted by molar-refractivity contribution is 9.10. The van der Waals surface area contributed by atoms with E-state index in [1.807, 2.05) is 42.5 Å². The maximum atomic E-state index is 5.73. The fourth-order valence-electron chi connectivity index (χ4n) is 2.09. The molecule has 0 aliphatic carbocycles. The zero-order valence-corrected chi connectivity index (χ0v) is 13.0. The molecule has 0 spiro atoms. The Morgan fingerprint density at radius 2 is 1.75 bits per heavy atom. The molecule has 0 aromatic heterocycles. The number of benzene rings is 2. The number of halogens is 1. The van der Waals surface area contributed by atoms with Crippen LogP contribution in [0.2, 0.25) is 0 Å². The van der Waals surface area contributed by atoms with Crippen LogP contribution < -0.4 is 20.7 Å². The minimum atomic E-state index is -0.173. The van der Waals surface area contributed by atoms with Crippen LogP contribution in [0.3, 0.4) is 0 Å². The number of hydrogen-bond donors (Lipinski definition) is 2. The van der Waals surface area contributed by atoms with Crippen LogP contribution in [0.1, 0.15) is 17.2 Å². The summed E-state index contributed by atoms with van der Waals surface area (Å²) in [6.07, 6.45) is 0. The van der Waals surface area contributed by atoms with Crippen LogP contribution in [0.4, 0.5) is 0 Å². The summed E-state index contributed by atoms with van der Waals surface area (Å²) in [5.41, 5.74) is 4.80. The molecule has 2 aromatic carbocycles. The summed E-state index contributed by atoms with van der Waals surface area (Å²) in [6, 6.07) is 13.5.